The van der Waals surface area contributed by atoms with Crippen molar-refractivity contribution < 1.29 is 14.7 Å². The summed E-state index contributed by atoms with van der Waals surface area (Å²) in [6.45, 7) is 1.95. The van der Waals surface area contributed by atoms with Crippen LogP contribution < -0.4 is 5.73 Å². The van der Waals surface area contributed by atoms with Crippen LogP contribution in [-0.4, -0.2) is 17.0 Å². The summed E-state index contributed by atoms with van der Waals surface area (Å²) in [5.41, 5.74) is 4.91. The van der Waals surface area contributed by atoms with E-state index in [-0.39, 0.29) is 5.57 Å². The molecule has 3 N–H and O–H groups in total. The number of unbranched alkanes of at least 4 members (excludes halogenated alkanes) is 1. The first-order valence-corrected chi connectivity index (χ1v) is 3.81. The minimum atomic E-state index is -1.07. The van der Waals surface area contributed by atoms with Crippen LogP contribution in [0.5, 0.6) is 0 Å². The first-order chi connectivity index (χ1) is 5.57. The summed E-state index contributed by atoms with van der Waals surface area (Å²) in [5, 5.41) is 8.57. The Morgan fingerprint density at radius 1 is 1.50 bits per heavy atom. The minimum absolute atomic E-state index is 0.0874. The third kappa shape index (κ3) is 4.49. The van der Waals surface area contributed by atoms with Gasteiger partial charge in [0.15, 0.2) is 0 Å². The summed E-state index contributed by atoms with van der Waals surface area (Å²) in [6, 6.07) is 0. The van der Waals surface area contributed by atoms with E-state index in [1.807, 2.05) is 6.92 Å². The molecule has 0 unspecified atom stereocenters. The van der Waals surface area contributed by atoms with Crippen molar-refractivity contribution in [2.75, 3.05) is 0 Å². The van der Waals surface area contributed by atoms with Crippen molar-refractivity contribution in [1.82, 2.24) is 0 Å². The summed E-state index contributed by atoms with van der Waals surface area (Å²) in [5.74, 6) is -1.77. The van der Waals surface area contributed by atoms with Gasteiger partial charge in [0.25, 0.3) is 0 Å². The van der Waals surface area contributed by atoms with Crippen LogP contribution in [0.15, 0.2) is 11.6 Å². The second-order valence-electron chi connectivity index (χ2n) is 2.48. The Morgan fingerprint density at radius 3 is 2.42 bits per heavy atom. The van der Waals surface area contributed by atoms with E-state index < -0.39 is 11.9 Å². The van der Waals surface area contributed by atoms with Crippen molar-refractivity contribution in [2.24, 2.45) is 5.73 Å². The molecule has 0 aromatic heterocycles. The Hall–Kier alpha value is -1.32. The first-order valence-electron chi connectivity index (χ1n) is 3.81. The second-order valence-corrected chi connectivity index (χ2v) is 2.48. The largest absolute Gasteiger partial charge is 0.478 e. The van der Waals surface area contributed by atoms with Gasteiger partial charge in [-0.2, -0.15) is 0 Å². The van der Waals surface area contributed by atoms with Crippen LogP contribution in [0.4, 0.5) is 0 Å². The Labute approximate surface area is 71.1 Å². The highest BCUT2D eigenvalue weighted by atomic mass is 16.4. The highest BCUT2D eigenvalue weighted by Gasteiger charge is 2.07. The van der Waals surface area contributed by atoms with E-state index >= 15 is 0 Å². The van der Waals surface area contributed by atoms with E-state index in [2.05, 4.69) is 0 Å². The van der Waals surface area contributed by atoms with Crippen molar-refractivity contribution in [1.29, 1.82) is 0 Å². The van der Waals surface area contributed by atoms with Crippen LogP contribution in [0.1, 0.15) is 26.2 Å². The van der Waals surface area contributed by atoms with Gasteiger partial charge < -0.3 is 10.8 Å². The normalized spacial score (nSPS) is 11.2. The molecule has 0 rings (SSSR count). The van der Waals surface area contributed by atoms with Gasteiger partial charge in [-0.25, -0.2) is 4.79 Å². The standard InChI is InChI=1S/C8H13NO3/c1-2-3-4-6(8(11)12)5-7(9)10/h5H,2-4H2,1H3,(H2,9,10)(H,11,12). The fourth-order valence-corrected chi connectivity index (χ4v) is 0.780. The highest BCUT2D eigenvalue weighted by Crippen LogP contribution is 2.06. The zero-order valence-corrected chi connectivity index (χ0v) is 7.04. The molecule has 0 aromatic rings. The molecule has 4 nitrogen and oxygen atoms in total. The molecule has 1 amide bonds. The van der Waals surface area contributed by atoms with Gasteiger partial charge in [0.05, 0.1) is 0 Å². The molecule has 12 heavy (non-hydrogen) atoms. The average molecular weight is 171 g/mol. The van der Waals surface area contributed by atoms with Crippen molar-refractivity contribution in [3.05, 3.63) is 11.6 Å². The maximum atomic E-state index is 10.5. The molecule has 0 aliphatic heterocycles. The van der Waals surface area contributed by atoms with E-state index in [9.17, 15) is 9.59 Å². The molecule has 0 heterocycles. The summed E-state index contributed by atoms with van der Waals surface area (Å²) in [4.78, 5) is 20.8. The molecule has 0 spiro atoms. The van der Waals surface area contributed by atoms with Gasteiger partial charge in [-0.05, 0) is 12.8 Å². The lowest BCUT2D eigenvalue weighted by Crippen LogP contribution is -2.11. The van der Waals surface area contributed by atoms with Gasteiger partial charge in [-0.1, -0.05) is 13.3 Å². The van der Waals surface area contributed by atoms with Crippen LogP contribution in [0.25, 0.3) is 0 Å². The molecule has 0 atom stereocenters. The Morgan fingerprint density at radius 2 is 2.08 bits per heavy atom. The molecule has 0 bridgehead atoms. The van der Waals surface area contributed by atoms with Gasteiger partial charge in [-0.3, -0.25) is 4.79 Å². The third-order valence-corrected chi connectivity index (χ3v) is 1.39. The lowest BCUT2D eigenvalue weighted by molar-refractivity contribution is -0.133. The Bertz CT molecular complexity index is 208. The van der Waals surface area contributed by atoms with Gasteiger partial charge in [0, 0.05) is 11.6 Å². The minimum Gasteiger partial charge on any atom is -0.478 e. The maximum absolute atomic E-state index is 10.5. The number of primary amides is 1. The number of carbonyl (C=O) groups is 2. The van der Waals surface area contributed by atoms with Crippen LogP contribution in [-0.2, 0) is 9.59 Å². The van der Waals surface area contributed by atoms with E-state index in [0.29, 0.717) is 6.42 Å². The Balaban J connectivity index is 4.23. The molecular weight excluding hydrogens is 158 g/mol. The molecule has 0 radical (unpaired) electrons. The summed E-state index contributed by atoms with van der Waals surface area (Å²) in [7, 11) is 0. The van der Waals surface area contributed by atoms with Crippen LogP contribution in [0, 0.1) is 0 Å². The topological polar surface area (TPSA) is 80.4 Å². The number of hydrogen-bond donors (Lipinski definition) is 2. The smallest absolute Gasteiger partial charge is 0.331 e. The third-order valence-electron chi connectivity index (χ3n) is 1.39. The van der Waals surface area contributed by atoms with Gasteiger partial charge in [0.1, 0.15) is 0 Å². The number of carbonyl (C=O) groups excluding carboxylic acids is 1. The van der Waals surface area contributed by atoms with E-state index in [0.717, 1.165) is 18.9 Å². The average Bonchev–Trinajstić information content (AvgIpc) is 1.96. The van der Waals surface area contributed by atoms with Crippen molar-refractivity contribution in [2.45, 2.75) is 26.2 Å². The maximum Gasteiger partial charge on any atom is 0.331 e. The van der Waals surface area contributed by atoms with Crippen molar-refractivity contribution >= 4 is 11.9 Å². The van der Waals surface area contributed by atoms with E-state index in [1.165, 1.54) is 0 Å². The van der Waals surface area contributed by atoms with Crippen molar-refractivity contribution in [3.63, 3.8) is 0 Å². The van der Waals surface area contributed by atoms with Crippen LogP contribution in [0.3, 0.4) is 0 Å². The summed E-state index contributed by atoms with van der Waals surface area (Å²) < 4.78 is 0. The lowest BCUT2D eigenvalue weighted by atomic mass is 10.1. The fourth-order valence-electron chi connectivity index (χ4n) is 0.780. The predicted octanol–water partition coefficient (Wildman–Crippen LogP) is 0.673. The molecule has 0 aliphatic rings. The molecule has 4 heteroatoms. The molecule has 0 saturated carbocycles. The zero-order valence-electron chi connectivity index (χ0n) is 7.04. The molecule has 0 aliphatic carbocycles. The van der Waals surface area contributed by atoms with Crippen LogP contribution >= 0.6 is 0 Å². The van der Waals surface area contributed by atoms with Gasteiger partial charge in [-0.15, -0.1) is 0 Å². The number of aliphatic carboxylic acids is 1. The number of amides is 1. The first kappa shape index (κ1) is 10.7. The highest BCUT2D eigenvalue weighted by molar-refractivity contribution is 5.96. The quantitative estimate of drug-likeness (QED) is 0.596. The summed E-state index contributed by atoms with van der Waals surface area (Å²) in [6.07, 6.45) is 3.02. The number of carboxylic acid groups (broad SMARTS) is 1. The molecular formula is C8H13NO3. The SMILES string of the molecule is CCCCC(=CC(N)=O)C(=O)O. The predicted molar refractivity (Wildman–Crippen MR) is 44.4 cm³/mol. The number of rotatable bonds is 5. The zero-order chi connectivity index (χ0) is 9.56. The number of carboxylic acids is 1. The molecule has 0 fully saturated rings. The van der Waals surface area contributed by atoms with E-state index in [4.69, 9.17) is 10.8 Å². The van der Waals surface area contributed by atoms with Gasteiger partial charge in [0.2, 0.25) is 5.91 Å². The summed E-state index contributed by atoms with van der Waals surface area (Å²) >= 11 is 0. The second kappa shape index (κ2) is 5.35. The Kier molecular flexibility index (Phi) is 4.76. The molecule has 0 saturated heterocycles. The fraction of sp³-hybridized carbons (Fsp3) is 0.500. The molecule has 68 valence electrons. The number of hydrogen-bond acceptors (Lipinski definition) is 2. The lowest BCUT2D eigenvalue weighted by Gasteiger charge is -1.98. The monoisotopic (exact) mass is 171 g/mol. The number of nitrogens with two attached hydrogens (primary N) is 1. The van der Waals surface area contributed by atoms with Crippen LogP contribution in [0.2, 0.25) is 0 Å². The van der Waals surface area contributed by atoms with Gasteiger partial charge >= 0.3 is 5.97 Å². The van der Waals surface area contributed by atoms with Crippen molar-refractivity contribution in [3.8, 4) is 0 Å². The molecule has 0 aromatic carbocycles. The van der Waals surface area contributed by atoms with E-state index in [1.54, 1.807) is 0 Å².